The minimum Gasteiger partial charge on any atom is -0.493 e. The van der Waals surface area contributed by atoms with Gasteiger partial charge in [-0.3, -0.25) is 0 Å². The van der Waals surface area contributed by atoms with Gasteiger partial charge in [-0.05, 0) is 30.7 Å². The smallest absolute Gasteiger partial charge is 0.205 e. The number of pyridine rings is 1. The Morgan fingerprint density at radius 3 is 2.35 bits per heavy atom. The largest absolute Gasteiger partial charge is 0.493 e. The van der Waals surface area contributed by atoms with Crippen LogP contribution in [-0.4, -0.2) is 21.3 Å². The second kappa shape index (κ2) is 10.5. The molecule has 0 fully saturated rings. The number of unbranched alkanes of at least 4 members (excludes halogenated alkanes) is 3. The monoisotopic (exact) mass is 356 g/mol. The van der Waals surface area contributed by atoms with Gasteiger partial charge in [0.25, 0.3) is 0 Å². The average molecular weight is 356 g/mol. The summed E-state index contributed by atoms with van der Waals surface area (Å²) >= 11 is 0. The normalized spacial score (nSPS) is 10.9. The third-order valence-corrected chi connectivity index (χ3v) is 4.40. The maximum Gasteiger partial charge on any atom is 0.205 e. The second-order valence-electron chi connectivity index (χ2n) is 6.14. The van der Waals surface area contributed by atoms with Gasteiger partial charge in [0.2, 0.25) is 11.4 Å². The minimum atomic E-state index is 0.609. The second-order valence-corrected chi connectivity index (χ2v) is 6.14. The first kappa shape index (κ1) is 19.8. The van der Waals surface area contributed by atoms with Gasteiger partial charge in [0.15, 0.2) is 17.7 Å². The zero-order valence-corrected chi connectivity index (χ0v) is 16.3. The molecule has 4 nitrogen and oxygen atoms in total. The van der Waals surface area contributed by atoms with Gasteiger partial charge in [-0.25, -0.2) is 0 Å². The van der Waals surface area contributed by atoms with Crippen LogP contribution in [0.5, 0.6) is 17.2 Å². The van der Waals surface area contributed by atoms with Crippen molar-refractivity contribution in [2.24, 2.45) is 0 Å². The van der Waals surface area contributed by atoms with Crippen LogP contribution in [0.2, 0.25) is 0 Å². The lowest BCUT2D eigenvalue weighted by molar-refractivity contribution is -0.699. The predicted molar refractivity (Wildman–Crippen MR) is 106 cm³/mol. The molecule has 4 heteroatoms. The number of aromatic nitrogens is 1. The highest BCUT2D eigenvalue weighted by Gasteiger charge is 2.14. The third-order valence-electron chi connectivity index (χ3n) is 4.40. The van der Waals surface area contributed by atoms with Gasteiger partial charge >= 0.3 is 0 Å². The van der Waals surface area contributed by atoms with Gasteiger partial charge in [0, 0.05) is 30.2 Å². The number of aryl methyl sites for hydroxylation is 1. The van der Waals surface area contributed by atoms with Gasteiger partial charge in [0.05, 0.1) is 21.3 Å². The van der Waals surface area contributed by atoms with Gasteiger partial charge in [-0.15, -0.1) is 0 Å². The van der Waals surface area contributed by atoms with Gasteiger partial charge in [0.1, 0.15) is 6.54 Å². The lowest BCUT2D eigenvalue weighted by atomic mass is 10.1. The highest BCUT2D eigenvalue weighted by atomic mass is 16.5. The van der Waals surface area contributed by atoms with Gasteiger partial charge in [-0.1, -0.05) is 19.8 Å². The molecule has 0 saturated heterocycles. The summed E-state index contributed by atoms with van der Waals surface area (Å²) in [6.45, 7) is 3.27. The Morgan fingerprint density at radius 2 is 1.65 bits per heavy atom. The number of nitrogens with zero attached hydrogens (tertiary/aromatic N) is 1. The molecule has 2 aromatic rings. The summed E-state index contributed by atoms with van der Waals surface area (Å²) in [5, 5.41) is 0. The average Bonchev–Trinajstić information content (AvgIpc) is 2.69. The predicted octanol–water partition coefficient (Wildman–Crippen LogP) is 4.75. The zero-order chi connectivity index (χ0) is 18.8. The molecule has 1 aromatic heterocycles. The SMILES string of the molecule is CCCCCC[n+]1ccccc1/C=C/c1ccc(OC)c(OC)c1OC. The highest BCUT2D eigenvalue weighted by Crippen LogP contribution is 2.40. The molecule has 0 aliphatic carbocycles. The van der Waals surface area contributed by atoms with Crippen molar-refractivity contribution in [3.63, 3.8) is 0 Å². The first-order chi connectivity index (χ1) is 12.7. The molecule has 0 aliphatic rings. The van der Waals surface area contributed by atoms with Crippen molar-refractivity contribution in [2.45, 2.75) is 39.2 Å². The van der Waals surface area contributed by atoms with Crippen LogP contribution in [-0.2, 0) is 6.54 Å². The summed E-state index contributed by atoms with van der Waals surface area (Å²) in [6.07, 6.45) is 11.3. The van der Waals surface area contributed by atoms with Crippen LogP contribution >= 0.6 is 0 Å². The molecule has 1 heterocycles. The van der Waals surface area contributed by atoms with Crippen molar-refractivity contribution in [1.82, 2.24) is 0 Å². The first-order valence-corrected chi connectivity index (χ1v) is 9.20. The Bertz CT molecular complexity index is 725. The van der Waals surface area contributed by atoms with Crippen LogP contribution < -0.4 is 18.8 Å². The molecule has 0 radical (unpaired) electrons. The summed E-state index contributed by atoms with van der Waals surface area (Å²) in [7, 11) is 4.89. The van der Waals surface area contributed by atoms with Crippen LogP contribution in [0.25, 0.3) is 12.2 Å². The third kappa shape index (κ3) is 5.01. The lowest BCUT2D eigenvalue weighted by Gasteiger charge is -2.13. The molecule has 0 aliphatic heterocycles. The molecule has 0 N–H and O–H groups in total. The fourth-order valence-corrected chi connectivity index (χ4v) is 2.98. The van der Waals surface area contributed by atoms with Crippen LogP contribution in [0.15, 0.2) is 36.5 Å². The lowest BCUT2D eigenvalue weighted by Crippen LogP contribution is -2.36. The van der Waals surface area contributed by atoms with E-state index in [1.807, 2.05) is 12.1 Å². The Hall–Kier alpha value is -2.49. The molecule has 26 heavy (non-hydrogen) atoms. The minimum absolute atomic E-state index is 0.609. The van der Waals surface area contributed by atoms with E-state index >= 15 is 0 Å². The van der Waals surface area contributed by atoms with E-state index in [0.717, 1.165) is 12.1 Å². The summed E-state index contributed by atoms with van der Waals surface area (Å²) in [5.74, 6) is 1.94. The molecule has 2 rings (SSSR count). The van der Waals surface area contributed by atoms with Crippen molar-refractivity contribution in [3.8, 4) is 17.2 Å². The molecule has 0 atom stereocenters. The molecule has 0 bridgehead atoms. The van der Waals surface area contributed by atoms with E-state index in [9.17, 15) is 0 Å². The van der Waals surface area contributed by atoms with Crippen LogP contribution in [0, 0.1) is 0 Å². The maximum absolute atomic E-state index is 5.56. The van der Waals surface area contributed by atoms with Crippen molar-refractivity contribution in [2.75, 3.05) is 21.3 Å². The quantitative estimate of drug-likeness (QED) is 0.455. The molecular weight excluding hydrogens is 326 g/mol. The Labute approximate surface area is 157 Å². The van der Waals surface area contributed by atoms with E-state index in [-0.39, 0.29) is 0 Å². The fourth-order valence-electron chi connectivity index (χ4n) is 2.98. The zero-order valence-electron chi connectivity index (χ0n) is 16.3. The van der Waals surface area contributed by atoms with E-state index in [0.29, 0.717) is 17.2 Å². The van der Waals surface area contributed by atoms with Crippen molar-refractivity contribution >= 4 is 12.2 Å². The Morgan fingerprint density at radius 1 is 0.846 bits per heavy atom. The van der Waals surface area contributed by atoms with Gasteiger partial charge in [-0.2, -0.15) is 4.57 Å². The number of benzene rings is 1. The standard InChI is InChI=1S/C22H30NO3/c1-5-6-7-9-16-23-17-10-8-11-19(23)14-12-18-13-15-20(24-2)22(26-4)21(18)25-3/h8,10-15,17H,5-7,9,16H2,1-4H3/q+1/b14-12+. The summed E-state index contributed by atoms with van der Waals surface area (Å²) in [4.78, 5) is 0. The summed E-state index contributed by atoms with van der Waals surface area (Å²) in [5.41, 5.74) is 2.12. The van der Waals surface area contributed by atoms with E-state index in [1.165, 1.54) is 31.4 Å². The van der Waals surface area contributed by atoms with Gasteiger partial charge < -0.3 is 14.2 Å². The van der Waals surface area contributed by atoms with Crippen molar-refractivity contribution in [1.29, 1.82) is 0 Å². The molecule has 0 saturated carbocycles. The molecule has 0 unspecified atom stereocenters. The fraction of sp³-hybridized carbons (Fsp3) is 0.409. The van der Waals surface area contributed by atoms with Crippen LogP contribution in [0.4, 0.5) is 0 Å². The van der Waals surface area contributed by atoms with Crippen LogP contribution in [0.3, 0.4) is 0 Å². The van der Waals surface area contributed by atoms with E-state index in [2.05, 4.69) is 48.0 Å². The maximum atomic E-state index is 5.56. The first-order valence-electron chi connectivity index (χ1n) is 9.20. The number of hydrogen-bond donors (Lipinski definition) is 0. The number of hydrogen-bond acceptors (Lipinski definition) is 3. The molecule has 0 amide bonds. The highest BCUT2D eigenvalue weighted by molar-refractivity contribution is 5.74. The van der Waals surface area contributed by atoms with Crippen molar-refractivity contribution < 1.29 is 18.8 Å². The molecular formula is C22H30NO3+. The topological polar surface area (TPSA) is 31.6 Å². The van der Waals surface area contributed by atoms with E-state index in [1.54, 1.807) is 21.3 Å². The summed E-state index contributed by atoms with van der Waals surface area (Å²) < 4.78 is 18.7. The van der Waals surface area contributed by atoms with E-state index in [4.69, 9.17) is 14.2 Å². The number of ether oxygens (including phenoxy) is 3. The summed E-state index contributed by atoms with van der Waals surface area (Å²) in [6, 6.07) is 10.1. The molecule has 0 spiro atoms. The van der Waals surface area contributed by atoms with Crippen LogP contribution in [0.1, 0.15) is 43.9 Å². The van der Waals surface area contributed by atoms with E-state index < -0.39 is 0 Å². The Kier molecular flexibility index (Phi) is 8.00. The Balaban J connectivity index is 2.25. The number of rotatable bonds is 10. The van der Waals surface area contributed by atoms with Crippen molar-refractivity contribution in [3.05, 3.63) is 47.8 Å². The molecule has 140 valence electrons. The number of methoxy groups -OCH3 is 3. The molecule has 1 aromatic carbocycles.